The molecule has 0 fully saturated rings. The van der Waals surface area contributed by atoms with Crippen LogP contribution in [0.15, 0.2) is 36.5 Å². The monoisotopic (exact) mass is 229 g/mol. The van der Waals surface area contributed by atoms with Crippen LogP contribution in [0.3, 0.4) is 0 Å². The summed E-state index contributed by atoms with van der Waals surface area (Å²) in [6, 6.07) is 10.6. The fourth-order valence-electron chi connectivity index (χ4n) is 1.79. The summed E-state index contributed by atoms with van der Waals surface area (Å²) in [5.41, 5.74) is 3.52. The first-order valence-electron chi connectivity index (χ1n) is 6.00. The van der Waals surface area contributed by atoms with Crippen molar-refractivity contribution >= 4 is 0 Å². The predicted molar refractivity (Wildman–Crippen MR) is 70.4 cm³/mol. The third kappa shape index (κ3) is 2.74. The van der Waals surface area contributed by atoms with Crippen LogP contribution >= 0.6 is 0 Å². The maximum atomic E-state index is 4.50. The van der Waals surface area contributed by atoms with Gasteiger partial charge >= 0.3 is 0 Å². The van der Waals surface area contributed by atoms with Gasteiger partial charge in [0.2, 0.25) is 0 Å². The van der Waals surface area contributed by atoms with Crippen molar-refractivity contribution in [3.05, 3.63) is 47.8 Å². The average Bonchev–Trinajstić information content (AvgIpc) is 2.78. The molecule has 0 spiro atoms. The lowest BCUT2D eigenvalue weighted by molar-refractivity contribution is 0.756. The average molecular weight is 229 g/mol. The first-order chi connectivity index (χ1) is 8.20. The summed E-state index contributed by atoms with van der Waals surface area (Å²) in [5.74, 6) is 0.571. The molecule has 3 nitrogen and oxygen atoms in total. The minimum Gasteiger partial charge on any atom is -0.314 e. The van der Waals surface area contributed by atoms with E-state index < -0.39 is 0 Å². The molecule has 0 aliphatic rings. The Balaban J connectivity index is 2.21. The van der Waals surface area contributed by atoms with E-state index >= 15 is 0 Å². The van der Waals surface area contributed by atoms with Gasteiger partial charge in [0.1, 0.15) is 0 Å². The Bertz CT molecular complexity index is 468. The topological polar surface area (TPSA) is 29.9 Å². The number of hydrogen-bond donors (Lipinski definition) is 1. The third-order valence-corrected chi connectivity index (χ3v) is 2.83. The largest absolute Gasteiger partial charge is 0.314 e. The van der Waals surface area contributed by atoms with E-state index in [2.05, 4.69) is 48.5 Å². The maximum absolute atomic E-state index is 4.50. The van der Waals surface area contributed by atoms with E-state index in [1.165, 1.54) is 5.56 Å². The van der Waals surface area contributed by atoms with Gasteiger partial charge in [-0.15, -0.1) is 0 Å². The van der Waals surface area contributed by atoms with E-state index in [-0.39, 0.29) is 0 Å². The number of benzene rings is 1. The van der Waals surface area contributed by atoms with Gasteiger partial charge in [-0.05, 0) is 36.7 Å². The van der Waals surface area contributed by atoms with E-state index in [0.717, 1.165) is 17.9 Å². The molecule has 0 radical (unpaired) electrons. The molecular weight excluding hydrogens is 210 g/mol. The molecule has 0 saturated heterocycles. The molecule has 0 atom stereocenters. The van der Waals surface area contributed by atoms with E-state index in [4.69, 9.17) is 0 Å². The molecule has 0 saturated carbocycles. The number of rotatable bonds is 4. The zero-order valence-corrected chi connectivity index (χ0v) is 10.6. The molecule has 90 valence electrons. The van der Waals surface area contributed by atoms with Crippen LogP contribution in [0.2, 0.25) is 0 Å². The second kappa shape index (κ2) is 5.15. The summed E-state index contributed by atoms with van der Waals surface area (Å²) in [6.07, 6.45) is 2.00. The van der Waals surface area contributed by atoms with Gasteiger partial charge in [-0.2, -0.15) is 5.10 Å². The van der Waals surface area contributed by atoms with Crippen LogP contribution < -0.4 is 5.32 Å². The smallest absolute Gasteiger partial charge is 0.0766 e. The number of hydrogen-bond acceptors (Lipinski definition) is 2. The van der Waals surface area contributed by atoms with Gasteiger partial charge < -0.3 is 5.32 Å². The first kappa shape index (κ1) is 11.9. The van der Waals surface area contributed by atoms with Crippen molar-refractivity contribution < 1.29 is 0 Å². The zero-order chi connectivity index (χ0) is 12.3. The van der Waals surface area contributed by atoms with Gasteiger partial charge in [-0.25, -0.2) is 4.68 Å². The van der Waals surface area contributed by atoms with Crippen LogP contribution in [0.4, 0.5) is 0 Å². The maximum Gasteiger partial charge on any atom is 0.0766 e. The molecule has 1 heterocycles. The van der Waals surface area contributed by atoms with Crippen molar-refractivity contribution in [2.45, 2.75) is 26.3 Å². The van der Waals surface area contributed by atoms with Gasteiger partial charge in [0.05, 0.1) is 11.4 Å². The van der Waals surface area contributed by atoms with Gasteiger partial charge in [0.15, 0.2) is 0 Å². The molecule has 1 aromatic carbocycles. The Morgan fingerprint density at radius 1 is 1.18 bits per heavy atom. The Hall–Kier alpha value is -1.61. The highest BCUT2D eigenvalue weighted by molar-refractivity contribution is 5.35. The molecular formula is C14H19N3. The van der Waals surface area contributed by atoms with Crippen molar-refractivity contribution in [2.75, 3.05) is 7.05 Å². The van der Waals surface area contributed by atoms with Crippen LogP contribution in [0, 0.1) is 0 Å². The summed E-state index contributed by atoms with van der Waals surface area (Å²) in [7, 11) is 1.93. The molecule has 17 heavy (non-hydrogen) atoms. The molecule has 1 N–H and O–H groups in total. The highest BCUT2D eigenvalue weighted by Crippen LogP contribution is 2.16. The summed E-state index contributed by atoms with van der Waals surface area (Å²) in [4.78, 5) is 0. The van der Waals surface area contributed by atoms with Crippen molar-refractivity contribution in [1.29, 1.82) is 0 Å². The second-order valence-corrected chi connectivity index (χ2v) is 4.53. The summed E-state index contributed by atoms with van der Waals surface area (Å²) < 4.78 is 1.91. The number of nitrogens with zero attached hydrogens (tertiary/aromatic N) is 2. The lowest BCUT2D eigenvalue weighted by Gasteiger charge is -2.06. The molecule has 0 amide bonds. The minimum absolute atomic E-state index is 0.571. The minimum atomic E-state index is 0.571. The standard InChI is InChI=1S/C14H19N3/c1-11(2)12-4-6-14(7-5-12)17-9-8-13(16-17)10-15-3/h4-9,11,15H,10H2,1-3H3. The summed E-state index contributed by atoms with van der Waals surface area (Å²) >= 11 is 0. The lowest BCUT2D eigenvalue weighted by atomic mass is 10.0. The predicted octanol–water partition coefficient (Wildman–Crippen LogP) is 2.72. The Kier molecular flexibility index (Phi) is 3.59. The fraction of sp³-hybridized carbons (Fsp3) is 0.357. The fourth-order valence-corrected chi connectivity index (χ4v) is 1.79. The number of nitrogens with one attached hydrogen (secondary N) is 1. The highest BCUT2D eigenvalue weighted by atomic mass is 15.3. The molecule has 0 aliphatic heterocycles. The van der Waals surface area contributed by atoms with E-state index in [0.29, 0.717) is 5.92 Å². The van der Waals surface area contributed by atoms with E-state index in [9.17, 15) is 0 Å². The normalized spacial score (nSPS) is 11.1. The molecule has 0 unspecified atom stereocenters. The lowest BCUT2D eigenvalue weighted by Crippen LogP contribution is -2.06. The van der Waals surface area contributed by atoms with Gasteiger partial charge in [-0.1, -0.05) is 26.0 Å². The molecule has 3 heteroatoms. The second-order valence-electron chi connectivity index (χ2n) is 4.53. The summed E-state index contributed by atoms with van der Waals surface area (Å²) in [6.45, 7) is 5.21. The molecule has 0 aliphatic carbocycles. The Morgan fingerprint density at radius 3 is 2.47 bits per heavy atom. The molecule has 2 aromatic rings. The van der Waals surface area contributed by atoms with E-state index in [1.54, 1.807) is 0 Å². The Labute approximate surface area is 102 Å². The Morgan fingerprint density at radius 2 is 1.88 bits per heavy atom. The first-order valence-corrected chi connectivity index (χ1v) is 6.00. The van der Waals surface area contributed by atoms with Gasteiger partial charge in [0, 0.05) is 12.7 Å². The summed E-state index contributed by atoms with van der Waals surface area (Å²) in [5, 5.41) is 7.60. The number of aromatic nitrogens is 2. The van der Waals surface area contributed by atoms with Gasteiger partial charge in [0.25, 0.3) is 0 Å². The van der Waals surface area contributed by atoms with Crippen LogP contribution in [-0.2, 0) is 6.54 Å². The molecule has 2 rings (SSSR count). The van der Waals surface area contributed by atoms with Crippen molar-refractivity contribution in [3.8, 4) is 5.69 Å². The SMILES string of the molecule is CNCc1ccn(-c2ccc(C(C)C)cc2)n1. The van der Waals surface area contributed by atoms with Gasteiger partial charge in [-0.3, -0.25) is 0 Å². The highest BCUT2D eigenvalue weighted by Gasteiger charge is 2.02. The van der Waals surface area contributed by atoms with Crippen molar-refractivity contribution in [3.63, 3.8) is 0 Å². The van der Waals surface area contributed by atoms with Crippen LogP contribution in [-0.4, -0.2) is 16.8 Å². The van der Waals surface area contributed by atoms with E-state index in [1.807, 2.05) is 24.0 Å². The quantitative estimate of drug-likeness (QED) is 0.873. The van der Waals surface area contributed by atoms with Crippen LogP contribution in [0.1, 0.15) is 31.0 Å². The van der Waals surface area contributed by atoms with Crippen LogP contribution in [0.5, 0.6) is 0 Å². The van der Waals surface area contributed by atoms with Crippen molar-refractivity contribution in [2.24, 2.45) is 0 Å². The van der Waals surface area contributed by atoms with Crippen molar-refractivity contribution in [1.82, 2.24) is 15.1 Å². The molecule has 1 aromatic heterocycles. The molecule has 0 bridgehead atoms. The third-order valence-electron chi connectivity index (χ3n) is 2.83. The van der Waals surface area contributed by atoms with Crippen LogP contribution in [0.25, 0.3) is 5.69 Å². The zero-order valence-electron chi connectivity index (χ0n) is 10.6.